The lowest BCUT2D eigenvalue weighted by Crippen LogP contribution is -2.36. The molecule has 2 aliphatic rings. The van der Waals surface area contributed by atoms with Crippen LogP contribution in [0.2, 0.25) is 0 Å². The van der Waals surface area contributed by atoms with E-state index in [2.05, 4.69) is 20.4 Å². The maximum Gasteiger partial charge on any atom is 0.407 e. The summed E-state index contributed by atoms with van der Waals surface area (Å²) in [4.78, 5) is 31.3. The van der Waals surface area contributed by atoms with Crippen molar-refractivity contribution in [1.29, 1.82) is 0 Å². The van der Waals surface area contributed by atoms with Crippen molar-refractivity contribution >= 4 is 12.0 Å². The highest BCUT2D eigenvalue weighted by atomic mass is 16.4. The second-order valence-corrected chi connectivity index (χ2v) is 5.97. The Morgan fingerprint density at radius 3 is 2.79 bits per heavy atom. The SMILES string of the molecule is O=C(O)N1CCc2nc(C(=O)N3CCc4[nH]nnc4C3)cn2CC1. The second kappa shape index (κ2) is 5.62. The van der Waals surface area contributed by atoms with E-state index in [9.17, 15) is 9.59 Å². The number of hydrogen-bond donors (Lipinski definition) is 2. The number of aromatic amines is 1. The molecule has 0 saturated heterocycles. The first-order valence-electron chi connectivity index (χ1n) is 7.84. The van der Waals surface area contributed by atoms with Gasteiger partial charge < -0.3 is 19.5 Å². The molecule has 0 bridgehead atoms. The highest BCUT2D eigenvalue weighted by Crippen LogP contribution is 2.17. The van der Waals surface area contributed by atoms with Crippen LogP contribution in [0.4, 0.5) is 4.79 Å². The molecule has 0 unspecified atom stereocenters. The first kappa shape index (κ1) is 14.7. The van der Waals surface area contributed by atoms with E-state index in [4.69, 9.17) is 5.11 Å². The summed E-state index contributed by atoms with van der Waals surface area (Å²) >= 11 is 0. The van der Waals surface area contributed by atoms with E-state index in [0.29, 0.717) is 51.3 Å². The fourth-order valence-corrected chi connectivity index (χ4v) is 3.16. The molecule has 0 aliphatic carbocycles. The van der Waals surface area contributed by atoms with Gasteiger partial charge in [-0.05, 0) is 0 Å². The van der Waals surface area contributed by atoms with E-state index in [1.165, 1.54) is 4.90 Å². The van der Waals surface area contributed by atoms with Gasteiger partial charge >= 0.3 is 6.09 Å². The maximum absolute atomic E-state index is 12.7. The highest BCUT2D eigenvalue weighted by Gasteiger charge is 2.27. The van der Waals surface area contributed by atoms with Crippen LogP contribution in [0.5, 0.6) is 0 Å². The minimum Gasteiger partial charge on any atom is -0.465 e. The van der Waals surface area contributed by atoms with E-state index >= 15 is 0 Å². The Balaban J connectivity index is 1.50. The van der Waals surface area contributed by atoms with Crippen molar-refractivity contribution in [2.24, 2.45) is 0 Å². The molecule has 2 N–H and O–H groups in total. The van der Waals surface area contributed by atoms with E-state index in [-0.39, 0.29) is 5.91 Å². The Labute approximate surface area is 137 Å². The Bertz CT molecular complexity index is 771. The number of nitrogens with one attached hydrogen (secondary N) is 1. The molecule has 0 atom stereocenters. The van der Waals surface area contributed by atoms with E-state index in [1.807, 2.05) is 4.57 Å². The average molecular weight is 331 g/mol. The number of carboxylic acid groups (broad SMARTS) is 1. The minimum atomic E-state index is -0.922. The molecule has 0 radical (unpaired) electrons. The van der Waals surface area contributed by atoms with Gasteiger partial charge in [-0.1, -0.05) is 5.21 Å². The predicted molar refractivity (Wildman–Crippen MR) is 80.4 cm³/mol. The fraction of sp³-hybridized carbons (Fsp3) is 0.500. The third-order valence-corrected chi connectivity index (χ3v) is 4.53. The summed E-state index contributed by atoms with van der Waals surface area (Å²) in [6, 6.07) is 0. The molecule has 2 aliphatic heterocycles. The number of carbonyl (C=O) groups excluding carboxylic acids is 1. The summed E-state index contributed by atoms with van der Waals surface area (Å²) in [5, 5.41) is 19.7. The molecule has 126 valence electrons. The van der Waals surface area contributed by atoms with Crippen LogP contribution in [0, 0.1) is 0 Å². The fourth-order valence-electron chi connectivity index (χ4n) is 3.16. The van der Waals surface area contributed by atoms with Crippen LogP contribution in [0.3, 0.4) is 0 Å². The molecule has 2 aromatic rings. The van der Waals surface area contributed by atoms with Crippen LogP contribution < -0.4 is 0 Å². The van der Waals surface area contributed by atoms with Gasteiger partial charge in [0.1, 0.15) is 17.2 Å². The Morgan fingerprint density at radius 2 is 1.96 bits per heavy atom. The molecule has 4 rings (SSSR count). The number of amides is 2. The van der Waals surface area contributed by atoms with Gasteiger partial charge in [0.15, 0.2) is 0 Å². The lowest BCUT2D eigenvalue weighted by molar-refractivity contribution is 0.0726. The van der Waals surface area contributed by atoms with Gasteiger partial charge in [0.05, 0.1) is 12.2 Å². The van der Waals surface area contributed by atoms with Crippen LogP contribution in [-0.4, -0.2) is 71.5 Å². The number of nitrogens with zero attached hydrogens (tertiary/aromatic N) is 6. The topological polar surface area (TPSA) is 120 Å². The summed E-state index contributed by atoms with van der Waals surface area (Å²) in [6.45, 7) is 2.34. The van der Waals surface area contributed by atoms with Crippen molar-refractivity contribution in [2.75, 3.05) is 19.6 Å². The second-order valence-electron chi connectivity index (χ2n) is 5.97. The largest absolute Gasteiger partial charge is 0.465 e. The third kappa shape index (κ3) is 2.49. The summed E-state index contributed by atoms with van der Waals surface area (Å²) in [5.74, 6) is 0.626. The van der Waals surface area contributed by atoms with Gasteiger partial charge in [-0.2, -0.15) is 0 Å². The van der Waals surface area contributed by atoms with Crippen LogP contribution in [0.15, 0.2) is 6.20 Å². The molecule has 10 nitrogen and oxygen atoms in total. The minimum absolute atomic E-state index is 0.126. The summed E-state index contributed by atoms with van der Waals surface area (Å²) in [7, 11) is 0. The van der Waals surface area contributed by atoms with E-state index in [0.717, 1.165) is 17.2 Å². The Kier molecular flexibility index (Phi) is 3.44. The van der Waals surface area contributed by atoms with Crippen molar-refractivity contribution in [2.45, 2.75) is 25.9 Å². The molecule has 10 heteroatoms. The zero-order valence-electron chi connectivity index (χ0n) is 13.0. The molecule has 2 aromatic heterocycles. The smallest absolute Gasteiger partial charge is 0.407 e. The molecular weight excluding hydrogens is 314 g/mol. The lowest BCUT2D eigenvalue weighted by Gasteiger charge is -2.24. The van der Waals surface area contributed by atoms with E-state index in [1.54, 1.807) is 11.1 Å². The molecule has 0 aromatic carbocycles. The predicted octanol–water partition coefficient (Wildman–Crippen LogP) is -0.264. The number of hydrogen-bond acceptors (Lipinski definition) is 5. The van der Waals surface area contributed by atoms with Gasteiger partial charge in [-0.3, -0.25) is 9.89 Å². The lowest BCUT2D eigenvalue weighted by atomic mass is 10.1. The zero-order chi connectivity index (χ0) is 16.7. The zero-order valence-corrected chi connectivity index (χ0v) is 13.0. The number of carbonyl (C=O) groups is 2. The van der Waals surface area contributed by atoms with Crippen molar-refractivity contribution < 1.29 is 14.7 Å². The van der Waals surface area contributed by atoms with Crippen LogP contribution >= 0.6 is 0 Å². The van der Waals surface area contributed by atoms with Crippen molar-refractivity contribution in [1.82, 2.24) is 34.8 Å². The Hall–Kier alpha value is -2.91. The normalized spacial score (nSPS) is 17.2. The van der Waals surface area contributed by atoms with Crippen LogP contribution in [0.1, 0.15) is 27.7 Å². The standard InChI is InChI=1S/C14H17N7O3/c22-13(21-3-1-9-10(7-21)17-18-16-9)11-8-20-6-5-19(14(23)24)4-2-12(20)15-11/h8H,1-7H2,(H,23,24)(H,16,17,18). The molecule has 2 amide bonds. The first-order valence-corrected chi connectivity index (χ1v) is 7.84. The van der Waals surface area contributed by atoms with Crippen LogP contribution in [0.25, 0.3) is 0 Å². The summed E-state index contributed by atoms with van der Waals surface area (Å²) < 4.78 is 1.88. The number of rotatable bonds is 1. The van der Waals surface area contributed by atoms with Crippen molar-refractivity contribution in [3.05, 3.63) is 29.1 Å². The average Bonchev–Trinajstić information content (AvgIpc) is 3.15. The van der Waals surface area contributed by atoms with Gasteiger partial charge in [0.25, 0.3) is 5.91 Å². The van der Waals surface area contributed by atoms with Crippen LogP contribution in [-0.2, 0) is 25.9 Å². The number of aromatic nitrogens is 5. The van der Waals surface area contributed by atoms with Gasteiger partial charge in [-0.15, -0.1) is 5.10 Å². The molecule has 24 heavy (non-hydrogen) atoms. The number of imidazole rings is 1. The summed E-state index contributed by atoms with van der Waals surface area (Å²) in [6.07, 6.45) is 2.01. The van der Waals surface area contributed by atoms with E-state index < -0.39 is 6.09 Å². The van der Waals surface area contributed by atoms with Crippen molar-refractivity contribution in [3.63, 3.8) is 0 Å². The summed E-state index contributed by atoms with van der Waals surface area (Å²) in [5.41, 5.74) is 2.18. The number of H-pyrrole nitrogens is 1. The maximum atomic E-state index is 12.7. The highest BCUT2D eigenvalue weighted by molar-refractivity contribution is 5.92. The molecule has 0 spiro atoms. The Morgan fingerprint density at radius 1 is 1.12 bits per heavy atom. The molecule has 0 fully saturated rings. The monoisotopic (exact) mass is 331 g/mol. The van der Waals surface area contributed by atoms with Gasteiger partial charge in [0, 0.05) is 45.2 Å². The molecular formula is C14H17N7O3. The quantitative estimate of drug-likeness (QED) is 0.742. The number of fused-ring (bicyclic) bond motifs is 2. The van der Waals surface area contributed by atoms with Gasteiger partial charge in [0.2, 0.25) is 0 Å². The van der Waals surface area contributed by atoms with Gasteiger partial charge in [-0.25, -0.2) is 9.78 Å². The molecule has 4 heterocycles. The van der Waals surface area contributed by atoms with Crippen molar-refractivity contribution in [3.8, 4) is 0 Å². The first-order chi connectivity index (χ1) is 11.6. The third-order valence-electron chi connectivity index (χ3n) is 4.53. The molecule has 0 saturated carbocycles.